The number of nitrogens with one attached hydrogen (secondary N) is 2. The Bertz CT molecular complexity index is 835. The van der Waals surface area contributed by atoms with Crippen LogP contribution in [0.25, 0.3) is 11.3 Å². The van der Waals surface area contributed by atoms with Crippen LogP contribution in [0.5, 0.6) is 0 Å². The number of ether oxygens (including phenoxy) is 1. The number of benzene rings is 1. The summed E-state index contributed by atoms with van der Waals surface area (Å²) in [7, 11) is 0. The number of aromatic nitrogens is 2. The average molecular weight is 325 g/mol. The zero-order valence-corrected chi connectivity index (χ0v) is 12.9. The van der Waals surface area contributed by atoms with Gasteiger partial charge in [0.1, 0.15) is 5.69 Å². The van der Waals surface area contributed by atoms with Gasteiger partial charge < -0.3 is 14.5 Å². The Morgan fingerprint density at radius 2 is 2.04 bits per heavy atom. The van der Waals surface area contributed by atoms with Crippen LogP contribution in [0, 0.1) is 6.92 Å². The van der Waals surface area contributed by atoms with Gasteiger partial charge >= 0.3 is 5.97 Å². The number of nitrogens with zero attached hydrogens (tertiary/aromatic N) is 1. The third-order valence-electron chi connectivity index (χ3n) is 3.28. The molecule has 0 bridgehead atoms. The van der Waals surface area contributed by atoms with E-state index in [9.17, 15) is 9.59 Å². The molecule has 24 heavy (non-hydrogen) atoms. The quantitative estimate of drug-likeness (QED) is 0.703. The van der Waals surface area contributed by atoms with Crippen molar-refractivity contribution in [3.05, 3.63) is 60.2 Å². The molecule has 0 aliphatic carbocycles. The zero-order chi connectivity index (χ0) is 16.9. The van der Waals surface area contributed by atoms with E-state index in [0.29, 0.717) is 11.4 Å². The van der Waals surface area contributed by atoms with Crippen LogP contribution in [0.15, 0.2) is 53.3 Å². The molecule has 2 N–H and O–H groups in total. The topological polar surface area (TPSA) is 97.2 Å². The summed E-state index contributed by atoms with van der Waals surface area (Å²) in [5.41, 5.74) is 3.19. The van der Waals surface area contributed by atoms with Crippen LogP contribution in [-0.4, -0.2) is 28.7 Å². The van der Waals surface area contributed by atoms with Crippen molar-refractivity contribution in [3.63, 3.8) is 0 Å². The lowest BCUT2D eigenvalue weighted by molar-refractivity contribution is -0.119. The summed E-state index contributed by atoms with van der Waals surface area (Å²) in [5.74, 6) is -1.07. The first-order valence-electron chi connectivity index (χ1n) is 7.23. The van der Waals surface area contributed by atoms with Crippen molar-refractivity contribution in [2.24, 2.45) is 0 Å². The molecule has 0 radical (unpaired) electrons. The number of esters is 1. The number of aryl methyl sites for hydroxylation is 1. The van der Waals surface area contributed by atoms with Gasteiger partial charge in [0.2, 0.25) is 0 Å². The van der Waals surface area contributed by atoms with Gasteiger partial charge in [0.15, 0.2) is 6.61 Å². The summed E-state index contributed by atoms with van der Waals surface area (Å²) in [6.45, 7) is 1.57. The molecule has 2 heterocycles. The predicted octanol–water partition coefficient (Wildman–Crippen LogP) is 2.77. The van der Waals surface area contributed by atoms with E-state index in [0.717, 1.165) is 11.1 Å². The summed E-state index contributed by atoms with van der Waals surface area (Å²) in [6.07, 6.45) is 3.03. The molecule has 3 rings (SSSR count). The normalized spacial score (nSPS) is 10.4. The SMILES string of the molecule is Cc1ccc(NC(=O)COC(=O)c2cc(-c3ccoc3)n[nH]2)cc1. The first kappa shape index (κ1) is 15.5. The molecule has 0 aliphatic heterocycles. The van der Waals surface area contributed by atoms with Crippen molar-refractivity contribution in [2.75, 3.05) is 11.9 Å². The average Bonchev–Trinajstić information content (AvgIpc) is 3.25. The van der Waals surface area contributed by atoms with Gasteiger partial charge in [-0.05, 0) is 31.2 Å². The lowest BCUT2D eigenvalue weighted by atomic mass is 10.2. The minimum atomic E-state index is -0.656. The van der Waals surface area contributed by atoms with Gasteiger partial charge in [0.25, 0.3) is 5.91 Å². The number of anilines is 1. The summed E-state index contributed by atoms with van der Waals surface area (Å²) in [6, 6.07) is 10.6. The number of carbonyl (C=O) groups excluding carboxylic acids is 2. The number of hydrogen-bond acceptors (Lipinski definition) is 5. The summed E-state index contributed by atoms with van der Waals surface area (Å²) in [5, 5.41) is 9.22. The Balaban J connectivity index is 1.53. The fourth-order valence-corrected chi connectivity index (χ4v) is 2.03. The van der Waals surface area contributed by atoms with Gasteiger partial charge in [-0.2, -0.15) is 5.10 Å². The van der Waals surface area contributed by atoms with Crippen molar-refractivity contribution in [1.82, 2.24) is 10.2 Å². The van der Waals surface area contributed by atoms with E-state index in [1.165, 1.54) is 18.6 Å². The minimum Gasteiger partial charge on any atom is -0.472 e. The Labute approximate surface area is 137 Å². The van der Waals surface area contributed by atoms with Crippen molar-refractivity contribution in [2.45, 2.75) is 6.92 Å². The minimum absolute atomic E-state index is 0.161. The number of H-pyrrole nitrogens is 1. The maximum Gasteiger partial charge on any atom is 0.356 e. The van der Waals surface area contributed by atoms with Gasteiger partial charge in [-0.15, -0.1) is 0 Å². The fraction of sp³-hybridized carbons (Fsp3) is 0.118. The molecule has 0 saturated carbocycles. The number of amides is 1. The standard InChI is InChI=1S/C17H15N3O4/c1-11-2-4-13(5-3-11)18-16(21)10-24-17(22)15-8-14(19-20-15)12-6-7-23-9-12/h2-9H,10H2,1H3,(H,18,21)(H,19,20). The van der Waals surface area contributed by atoms with E-state index in [1.807, 2.05) is 19.1 Å². The Morgan fingerprint density at radius 1 is 1.25 bits per heavy atom. The third-order valence-corrected chi connectivity index (χ3v) is 3.28. The lowest BCUT2D eigenvalue weighted by Crippen LogP contribution is -2.21. The Morgan fingerprint density at radius 3 is 2.75 bits per heavy atom. The first-order chi connectivity index (χ1) is 11.6. The molecule has 0 atom stereocenters. The van der Waals surface area contributed by atoms with E-state index >= 15 is 0 Å². The predicted molar refractivity (Wildman–Crippen MR) is 86.4 cm³/mol. The molecule has 7 nitrogen and oxygen atoms in total. The molecular weight excluding hydrogens is 310 g/mol. The zero-order valence-electron chi connectivity index (χ0n) is 12.9. The number of rotatable bonds is 5. The van der Waals surface area contributed by atoms with E-state index in [4.69, 9.17) is 9.15 Å². The molecule has 0 saturated heterocycles. The van der Waals surface area contributed by atoms with Gasteiger partial charge in [-0.25, -0.2) is 4.79 Å². The van der Waals surface area contributed by atoms with Crippen molar-refractivity contribution >= 4 is 17.6 Å². The molecule has 3 aromatic rings. The fourth-order valence-electron chi connectivity index (χ4n) is 2.03. The van der Waals surface area contributed by atoms with E-state index in [1.54, 1.807) is 18.2 Å². The van der Waals surface area contributed by atoms with E-state index in [-0.39, 0.29) is 12.3 Å². The highest BCUT2D eigenvalue weighted by atomic mass is 16.5. The summed E-state index contributed by atoms with van der Waals surface area (Å²) in [4.78, 5) is 23.7. The number of aromatic amines is 1. The largest absolute Gasteiger partial charge is 0.472 e. The maximum atomic E-state index is 11.9. The third kappa shape index (κ3) is 3.70. The maximum absolute atomic E-state index is 11.9. The van der Waals surface area contributed by atoms with Gasteiger partial charge in [0.05, 0.1) is 18.2 Å². The van der Waals surface area contributed by atoms with Crippen molar-refractivity contribution in [1.29, 1.82) is 0 Å². The molecule has 2 aromatic heterocycles. The van der Waals surface area contributed by atoms with E-state index in [2.05, 4.69) is 15.5 Å². The molecule has 0 spiro atoms. The molecule has 0 aliphatic rings. The summed E-state index contributed by atoms with van der Waals surface area (Å²) >= 11 is 0. The van der Waals surface area contributed by atoms with Gasteiger partial charge in [-0.3, -0.25) is 9.89 Å². The Kier molecular flexibility index (Phi) is 4.42. The van der Waals surface area contributed by atoms with Gasteiger partial charge in [-0.1, -0.05) is 17.7 Å². The highest BCUT2D eigenvalue weighted by molar-refractivity contribution is 5.95. The second-order valence-corrected chi connectivity index (χ2v) is 5.17. The summed E-state index contributed by atoms with van der Waals surface area (Å²) < 4.78 is 9.93. The van der Waals surface area contributed by atoms with Crippen LogP contribution in [0.4, 0.5) is 5.69 Å². The number of furan rings is 1. The van der Waals surface area contributed by atoms with Gasteiger partial charge in [0, 0.05) is 11.3 Å². The van der Waals surface area contributed by atoms with E-state index < -0.39 is 11.9 Å². The van der Waals surface area contributed by atoms with Crippen LogP contribution in [-0.2, 0) is 9.53 Å². The smallest absolute Gasteiger partial charge is 0.356 e. The molecule has 0 unspecified atom stereocenters. The van der Waals surface area contributed by atoms with Crippen LogP contribution in [0.3, 0.4) is 0 Å². The van der Waals surface area contributed by atoms with Crippen LogP contribution < -0.4 is 5.32 Å². The van der Waals surface area contributed by atoms with Crippen LogP contribution in [0.2, 0.25) is 0 Å². The molecule has 1 amide bonds. The second-order valence-electron chi connectivity index (χ2n) is 5.17. The molecule has 7 heteroatoms. The van der Waals surface area contributed by atoms with Crippen LogP contribution >= 0.6 is 0 Å². The molecule has 0 fully saturated rings. The molecular formula is C17H15N3O4. The van der Waals surface area contributed by atoms with Crippen LogP contribution in [0.1, 0.15) is 16.1 Å². The lowest BCUT2D eigenvalue weighted by Gasteiger charge is -2.06. The van der Waals surface area contributed by atoms with Crippen molar-refractivity contribution < 1.29 is 18.7 Å². The monoisotopic (exact) mass is 325 g/mol. The van der Waals surface area contributed by atoms with Crippen molar-refractivity contribution in [3.8, 4) is 11.3 Å². The molecule has 122 valence electrons. The molecule has 1 aromatic carbocycles. The Hall–Kier alpha value is -3.35. The highest BCUT2D eigenvalue weighted by Crippen LogP contribution is 2.18. The number of carbonyl (C=O) groups is 2. The first-order valence-corrected chi connectivity index (χ1v) is 7.23. The second kappa shape index (κ2) is 6.82. The number of hydrogen-bond donors (Lipinski definition) is 2. The highest BCUT2D eigenvalue weighted by Gasteiger charge is 2.14.